The topological polar surface area (TPSA) is 154 Å². The first kappa shape index (κ1) is 29.3. The number of halogens is 2. The van der Waals surface area contributed by atoms with Crippen LogP contribution in [0.15, 0.2) is 35.4 Å². The van der Waals surface area contributed by atoms with Crippen molar-refractivity contribution in [2.45, 2.75) is 32.2 Å². The number of nitrogens with zero attached hydrogens (tertiary/aromatic N) is 3. The second-order valence-corrected chi connectivity index (χ2v) is 9.80. The fourth-order valence-corrected chi connectivity index (χ4v) is 4.78. The van der Waals surface area contributed by atoms with Gasteiger partial charge in [-0.15, -0.1) is 0 Å². The molecule has 1 aliphatic carbocycles. The first-order chi connectivity index (χ1) is 20.6. The number of carbonyl (C=O) groups excluding carboxylic acids is 1. The molecule has 0 saturated heterocycles. The van der Waals surface area contributed by atoms with E-state index in [0.717, 1.165) is 11.6 Å². The molecule has 0 amide bonds. The Balaban J connectivity index is 1.59. The molecule has 224 valence electrons. The average Bonchev–Trinajstić information content (AvgIpc) is 3.81. The van der Waals surface area contributed by atoms with Crippen molar-refractivity contribution in [2.24, 2.45) is 0 Å². The van der Waals surface area contributed by atoms with Gasteiger partial charge in [-0.2, -0.15) is 4.98 Å². The first-order valence-electron chi connectivity index (χ1n) is 13.4. The van der Waals surface area contributed by atoms with Gasteiger partial charge < -0.3 is 35.0 Å². The van der Waals surface area contributed by atoms with Crippen LogP contribution in [-0.2, 0) is 11.2 Å². The summed E-state index contributed by atoms with van der Waals surface area (Å²) in [5.74, 6) is -1.31. The zero-order chi connectivity index (χ0) is 30.8. The molecule has 11 nitrogen and oxygen atoms in total. The summed E-state index contributed by atoms with van der Waals surface area (Å²) in [6.45, 7) is 1.61. The number of methoxy groups -OCH3 is 2. The molecule has 1 aliphatic rings. The third-order valence-electron chi connectivity index (χ3n) is 6.91. The molecule has 0 bridgehead atoms. The summed E-state index contributed by atoms with van der Waals surface area (Å²) in [4.78, 5) is 32.9. The number of hydrogen-bond acceptors (Lipinski definition) is 10. The van der Waals surface area contributed by atoms with Gasteiger partial charge in [-0.25, -0.2) is 18.6 Å². The van der Waals surface area contributed by atoms with Crippen molar-refractivity contribution in [1.29, 1.82) is 0 Å². The maximum Gasteiger partial charge on any atom is 0.514 e. The number of fused-ring (bicyclic) bond motifs is 1. The molecule has 2 aromatic carbocycles. The molecule has 43 heavy (non-hydrogen) atoms. The maximum absolute atomic E-state index is 16.1. The third-order valence-corrected chi connectivity index (χ3v) is 6.91. The normalized spacial score (nSPS) is 13.0. The van der Waals surface area contributed by atoms with Crippen molar-refractivity contribution in [2.75, 3.05) is 32.3 Å². The molecule has 0 spiro atoms. The SMILES string of the molecule is CCOC(=O)Oc1cn(C2CC2)c2c(F)c(/C=C/c3cc(Cc4cnc(N)nc4N)cc(OC)c3OC)c(F)cc2c1=O. The van der Waals surface area contributed by atoms with E-state index in [-0.39, 0.29) is 46.6 Å². The zero-order valence-electron chi connectivity index (χ0n) is 23.6. The van der Waals surface area contributed by atoms with Crippen LogP contribution in [0.5, 0.6) is 17.2 Å². The minimum absolute atomic E-state index is 0.0333. The monoisotopic (exact) mass is 593 g/mol. The van der Waals surface area contributed by atoms with E-state index in [2.05, 4.69) is 9.97 Å². The summed E-state index contributed by atoms with van der Waals surface area (Å²) in [6, 6.07) is 4.29. The lowest BCUT2D eigenvalue weighted by Gasteiger charge is -2.15. The van der Waals surface area contributed by atoms with E-state index in [4.69, 9.17) is 30.4 Å². The predicted octanol–water partition coefficient (Wildman–Crippen LogP) is 4.88. The lowest BCUT2D eigenvalue weighted by molar-refractivity contribution is 0.104. The molecule has 0 unspecified atom stereocenters. The Hall–Kier alpha value is -5.20. The molecule has 13 heteroatoms. The quantitative estimate of drug-likeness (QED) is 0.203. The Morgan fingerprint density at radius 3 is 2.53 bits per heavy atom. The van der Waals surface area contributed by atoms with Crippen molar-refractivity contribution in [3.63, 3.8) is 0 Å². The number of ether oxygens (including phenoxy) is 4. The van der Waals surface area contributed by atoms with Crippen LogP contribution in [0.2, 0.25) is 0 Å². The molecule has 0 atom stereocenters. The molecule has 2 heterocycles. The van der Waals surface area contributed by atoms with E-state index < -0.39 is 23.2 Å². The van der Waals surface area contributed by atoms with Gasteiger partial charge in [0.25, 0.3) is 0 Å². The summed E-state index contributed by atoms with van der Waals surface area (Å²) in [6.07, 6.45) is 6.19. The van der Waals surface area contributed by atoms with Crippen molar-refractivity contribution in [3.8, 4) is 17.2 Å². The Bertz CT molecular complexity index is 1820. The highest BCUT2D eigenvalue weighted by molar-refractivity contribution is 5.86. The summed E-state index contributed by atoms with van der Waals surface area (Å²) in [5.41, 5.74) is 12.1. The summed E-state index contributed by atoms with van der Waals surface area (Å²) < 4.78 is 53.8. The van der Waals surface area contributed by atoms with E-state index in [1.807, 2.05) is 0 Å². The van der Waals surface area contributed by atoms with Crippen LogP contribution in [0, 0.1) is 11.6 Å². The number of benzene rings is 2. The van der Waals surface area contributed by atoms with E-state index in [9.17, 15) is 9.59 Å². The Morgan fingerprint density at radius 2 is 1.88 bits per heavy atom. The fraction of sp³-hybridized carbons (Fsp3) is 0.267. The predicted molar refractivity (Wildman–Crippen MR) is 156 cm³/mol. The highest BCUT2D eigenvalue weighted by Gasteiger charge is 2.29. The Labute approximate surface area is 244 Å². The second-order valence-electron chi connectivity index (χ2n) is 9.80. The minimum atomic E-state index is -1.08. The summed E-state index contributed by atoms with van der Waals surface area (Å²) >= 11 is 0. The van der Waals surface area contributed by atoms with Gasteiger partial charge >= 0.3 is 6.16 Å². The van der Waals surface area contributed by atoms with Crippen LogP contribution < -0.4 is 31.1 Å². The molecular formula is C30H29F2N5O6. The van der Waals surface area contributed by atoms with Crippen LogP contribution in [0.3, 0.4) is 0 Å². The third kappa shape index (κ3) is 5.92. The lowest BCUT2D eigenvalue weighted by Crippen LogP contribution is -2.19. The minimum Gasteiger partial charge on any atom is -0.493 e. The van der Waals surface area contributed by atoms with E-state index >= 15 is 8.78 Å². The average molecular weight is 594 g/mol. The smallest absolute Gasteiger partial charge is 0.493 e. The van der Waals surface area contributed by atoms with Crippen LogP contribution >= 0.6 is 0 Å². The molecule has 4 aromatic rings. The number of carbonyl (C=O) groups is 1. The molecule has 0 radical (unpaired) electrons. The molecule has 0 aliphatic heterocycles. The molecular weight excluding hydrogens is 564 g/mol. The van der Waals surface area contributed by atoms with Crippen LogP contribution in [0.4, 0.5) is 25.3 Å². The number of nitrogens with two attached hydrogens (primary N) is 2. The van der Waals surface area contributed by atoms with Crippen LogP contribution in [0.25, 0.3) is 23.1 Å². The number of hydrogen-bond donors (Lipinski definition) is 2. The van der Waals surface area contributed by atoms with E-state index in [0.29, 0.717) is 41.9 Å². The van der Waals surface area contributed by atoms with Gasteiger partial charge in [0.05, 0.1) is 37.9 Å². The van der Waals surface area contributed by atoms with Crippen molar-refractivity contribution in [1.82, 2.24) is 14.5 Å². The number of rotatable bonds is 9. The Morgan fingerprint density at radius 1 is 1.12 bits per heavy atom. The van der Waals surface area contributed by atoms with Gasteiger partial charge in [0.2, 0.25) is 11.4 Å². The molecule has 2 aromatic heterocycles. The largest absolute Gasteiger partial charge is 0.514 e. The van der Waals surface area contributed by atoms with Crippen molar-refractivity contribution >= 4 is 41.0 Å². The molecule has 4 N–H and O–H groups in total. The number of anilines is 2. The van der Waals surface area contributed by atoms with Crippen LogP contribution in [0.1, 0.15) is 48.1 Å². The van der Waals surface area contributed by atoms with Gasteiger partial charge in [0, 0.05) is 35.3 Å². The van der Waals surface area contributed by atoms with Gasteiger partial charge in [0.1, 0.15) is 11.6 Å². The fourth-order valence-electron chi connectivity index (χ4n) is 4.78. The molecule has 5 rings (SSSR count). The Kier molecular flexibility index (Phi) is 8.15. The number of aromatic nitrogens is 3. The number of pyridine rings is 1. The van der Waals surface area contributed by atoms with Crippen molar-refractivity contribution in [3.05, 3.63) is 74.7 Å². The van der Waals surface area contributed by atoms with E-state index in [1.54, 1.807) is 19.1 Å². The highest BCUT2D eigenvalue weighted by Crippen LogP contribution is 2.40. The van der Waals surface area contributed by atoms with Crippen molar-refractivity contribution < 1.29 is 32.5 Å². The zero-order valence-corrected chi connectivity index (χ0v) is 23.6. The maximum atomic E-state index is 16.1. The lowest BCUT2D eigenvalue weighted by atomic mass is 10.0. The van der Waals surface area contributed by atoms with E-state index in [1.165, 1.54) is 43.3 Å². The standard InChI is InChI=1S/C30H29F2N5O6/c1-4-42-30(39)43-23-14-37(18-6-7-18)25-20(26(23)38)12-21(31)19(24(25)32)8-5-16-9-15(11-22(40-2)27(16)41-3)10-17-13-35-29(34)36-28(17)33/h5,8-9,11-14,18H,4,6-7,10H2,1-3H3,(H4,33,34,35,36)/b8-5+. The van der Waals surface area contributed by atoms with Crippen LogP contribution in [-0.4, -0.2) is 41.5 Å². The highest BCUT2D eigenvalue weighted by atomic mass is 19.1. The van der Waals surface area contributed by atoms with Gasteiger partial charge in [-0.1, -0.05) is 6.08 Å². The second kappa shape index (κ2) is 12.0. The summed E-state index contributed by atoms with van der Waals surface area (Å²) in [5, 5.41) is -0.259. The summed E-state index contributed by atoms with van der Waals surface area (Å²) in [7, 11) is 2.91. The van der Waals surface area contributed by atoms with Gasteiger partial charge in [-0.05, 0) is 49.6 Å². The molecule has 1 fully saturated rings. The first-order valence-corrected chi connectivity index (χ1v) is 13.4. The van der Waals surface area contributed by atoms with Gasteiger partial charge in [0.15, 0.2) is 23.1 Å². The number of nitrogen functional groups attached to an aromatic ring is 2. The molecule has 1 saturated carbocycles. The van der Waals surface area contributed by atoms with Gasteiger partial charge in [-0.3, -0.25) is 4.79 Å².